The summed E-state index contributed by atoms with van der Waals surface area (Å²) >= 11 is 7.61. The molecular weight excluding hydrogens is 384 g/mol. The van der Waals surface area contributed by atoms with Gasteiger partial charge in [-0.15, -0.1) is 0 Å². The Balaban J connectivity index is 2.24. The van der Waals surface area contributed by atoms with Gasteiger partial charge in [-0.05, 0) is 29.5 Å². The molecule has 2 heterocycles. The number of carbonyl (C=O) groups excluding carboxylic acids is 1. The Morgan fingerprint density at radius 3 is 2.79 bits per heavy atom. The van der Waals surface area contributed by atoms with E-state index in [1.165, 1.54) is 10.9 Å². The van der Waals surface area contributed by atoms with Gasteiger partial charge in [-0.3, -0.25) is 14.2 Å². The van der Waals surface area contributed by atoms with E-state index in [4.69, 9.17) is 16.3 Å². The van der Waals surface area contributed by atoms with Crippen molar-refractivity contribution in [2.24, 2.45) is 0 Å². The maximum absolute atomic E-state index is 12.3. The van der Waals surface area contributed by atoms with Crippen LogP contribution < -0.4 is 5.56 Å². The van der Waals surface area contributed by atoms with E-state index in [1.54, 1.807) is 11.8 Å². The van der Waals surface area contributed by atoms with Crippen molar-refractivity contribution >= 4 is 40.1 Å². The van der Waals surface area contributed by atoms with Crippen LogP contribution in [0.25, 0.3) is 0 Å². The van der Waals surface area contributed by atoms with Gasteiger partial charge < -0.3 is 9.64 Å². The highest BCUT2D eigenvalue weighted by atomic mass is 127. The number of morpholine rings is 1. The SMILES string of the molecule is CC(C(=O)N1CCOCC1)n1cnc(Cl)c(I)c1=O. The van der Waals surface area contributed by atoms with Crippen LogP contribution in [0, 0.1) is 3.57 Å². The van der Waals surface area contributed by atoms with Crippen molar-refractivity contribution in [2.45, 2.75) is 13.0 Å². The average molecular weight is 398 g/mol. The summed E-state index contributed by atoms with van der Waals surface area (Å²) < 4.78 is 6.83. The lowest BCUT2D eigenvalue weighted by molar-refractivity contribution is -0.138. The van der Waals surface area contributed by atoms with E-state index in [0.29, 0.717) is 29.9 Å². The highest BCUT2D eigenvalue weighted by Gasteiger charge is 2.25. The Morgan fingerprint density at radius 2 is 2.16 bits per heavy atom. The van der Waals surface area contributed by atoms with Crippen LogP contribution in [0.1, 0.15) is 13.0 Å². The molecular formula is C11H13ClIN3O3. The largest absolute Gasteiger partial charge is 0.378 e. The van der Waals surface area contributed by atoms with Gasteiger partial charge in [0.05, 0.1) is 19.5 Å². The van der Waals surface area contributed by atoms with Gasteiger partial charge >= 0.3 is 0 Å². The molecule has 8 heteroatoms. The first-order chi connectivity index (χ1) is 9.02. The van der Waals surface area contributed by atoms with Crippen LogP contribution in [0.5, 0.6) is 0 Å². The maximum atomic E-state index is 12.3. The number of ether oxygens (including phenoxy) is 1. The second kappa shape index (κ2) is 6.19. The molecule has 19 heavy (non-hydrogen) atoms. The second-order valence-corrected chi connectivity index (χ2v) is 5.61. The van der Waals surface area contributed by atoms with Crippen LogP contribution in [0.4, 0.5) is 0 Å². The third-order valence-corrected chi connectivity index (χ3v) is 4.57. The van der Waals surface area contributed by atoms with E-state index in [0.717, 1.165) is 0 Å². The highest BCUT2D eigenvalue weighted by molar-refractivity contribution is 14.1. The van der Waals surface area contributed by atoms with Crippen molar-refractivity contribution in [3.63, 3.8) is 0 Å². The fraction of sp³-hybridized carbons (Fsp3) is 0.545. The molecule has 104 valence electrons. The van der Waals surface area contributed by atoms with Gasteiger partial charge in [0.15, 0.2) is 0 Å². The number of hydrogen-bond donors (Lipinski definition) is 0. The molecule has 1 aromatic rings. The fourth-order valence-corrected chi connectivity index (χ4v) is 2.41. The number of nitrogens with zero attached hydrogens (tertiary/aromatic N) is 3. The van der Waals surface area contributed by atoms with Crippen LogP contribution in [-0.4, -0.2) is 46.7 Å². The van der Waals surface area contributed by atoms with Gasteiger partial charge in [-0.25, -0.2) is 4.98 Å². The van der Waals surface area contributed by atoms with E-state index in [9.17, 15) is 9.59 Å². The van der Waals surface area contributed by atoms with Crippen molar-refractivity contribution in [1.29, 1.82) is 0 Å². The average Bonchev–Trinajstić information content (AvgIpc) is 2.44. The molecule has 2 rings (SSSR count). The van der Waals surface area contributed by atoms with Crippen molar-refractivity contribution in [2.75, 3.05) is 26.3 Å². The van der Waals surface area contributed by atoms with Gasteiger partial charge in [-0.1, -0.05) is 11.6 Å². The molecule has 1 aromatic heterocycles. The quantitative estimate of drug-likeness (QED) is 0.550. The van der Waals surface area contributed by atoms with Gasteiger partial charge in [0.1, 0.15) is 14.8 Å². The third kappa shape index (κ3) is 3.09. The summed E-state index contributed by atoms with van der Waals surface area (Å²) in [5.41, 5.74) is -0.297. The predicted octanol–water partition coefficient (Wildman–Crippen LogP) is 0.921. The molecule has 0 N–H and O–H groups in total. The molecule has 0 aromatic carbocycles. The fourth-order valence-electron chi connectivity index (χ4n) is 1.87. The number of aromatic nitrogens is 2. The smallest absolute Gasteiger partial charge is 0.269 e. The van der Waals surface area contributed by atoms with Crippen LogP contribution >= 0.6 is 34.2 Å². The molecule has 1 atom stereocenters. The Morgan fingerprint density at radius 1 is 1.53 bits per heavy atom. The molecule has 1 unspecified atom stereocenters. The molecule has 0 bridgehead atoms. The molecule has 0 aliphatic carbocycles. The maximum Gasteiger partial charge on any atom is 0.269 e. The summed E-state index contributed by atoms with van der Waals surface area (Å²) in [5.74, 6) is -0.106. The molecule has 6 nitrogen and oxygen atoms in total. The van der Waals surface area contributed by atoms with Gasteiger partial charge in [-0.2, -0.15) is 0 Å². The van der Waals surface area contributed by atoms with E-state index >= 15 is 0 Å². The highest BCUT2D eigenvalue weighted by Crippen LogP contribution is 2.14. The van der Waals surface area contributed by atoms with Crippen molar-refractivity contribution in [3.05, 3.63) is 25.4 Å². The topological polar surface area (TPSA) is 64.4 Å². The Labute approximate surface area is 128 Å². The summed E-state index contributed by atoms with van der Waals surface area (Å²) in [4.78, 5) is 30.0. The molecule has 1 amide bonds. The lowest BCUT2D eigenvalue weighted by atomic mass is 10.2. The molecule has 1 fully saturated rings. The Hall–Kier alpha value is -0.670. The number of amides is 1. The summed E-state index contributed by atoms with van der Waals surface area (Å²) in [6, 6.07) is -0.594. The number of rotatable bonds is 2. The van der Waals surface area contributed by atoms with E-state index in [2.05, 4.69) is 4.98 Å². The molecule has 0 radical (unpaired) electrons. The number of halogens is 2. The van der Waals surface area contributed by atoms with Crippen LogP contribution in [-0.2, 0) is 9.53 Å². The minimum atomic E-state index is -0.594. The van der Waals surface area contributed by atoms with Gasteiger partial charge in [0, 0.05) is 13.1 Å². The summed E-state index contributed by atoms with van der Waals surface area (Å²) in [6.45, 7) is 3.85. The van der Waals surface area contributed by atoms with Crippen molar-refractivity contribution in [3.8, 4) is 0 Å². The zero-order chi connectivity index (χ0) is 14.0. The zero-order valence-electron chi connectivity index (χ0n) is 10.3. The Bertz CT molecular complexity index is 542. The lowest BCUT2D eigenvalue weighted by Gasteiger charge is -2.29. The minimum absolute atomic E-state index is 0.106. The van der Waals surface area contributed by atoms with Gasteiger partial charge in [0.2, 0.25) is 5.91 Å². The minimum Gasteiger partial charge on any atom is -0.378 e. The van der Waals surface area contributed by atoms with E-state index in [-0.39, 0.29) is 16.6 Å². The molecule has 0 saturated carbocycles. The van der Waals surface area contributed by atoms with Crippen LogP contribution in [0.2, 0.25) is 5.15 Å². The lowest BCUT2D eigenvalue weighted by Crippen LogP contribution is -2.45. The van der Waals surface area contributed by atoms with Crippen LogP contribution in [0.15, 0.2) is 11.1 Å². The second-order valence-electron chi connectivity index (χ2n) is 4.18. The summed E-state index contributed by atoms with van der Waals surface area (Å²) in [7, 11) is 0. The standard InChI is InChI=1S/C11H13ClIN3O3/c1-7(10(17)15-2-4-19-5-3-15)16-6-14-9(12)8(13)11(16)18/h6-7H,2-5H2,1H3. The number of carbonyl (C=O) groups is 1. The summed E-state index contributed by atoms with van der Waals surface area (Å²) in [6.07, 6.45) is 1.32. The van der Waals surface area contributed by atoms with Gasteiger partial charge in [0.25, 0.3) is 5.56 Å². The Kier molecular flexibility index (Phi) is 4.80. The first-order valence-corrected chi connectivity index (χ1v) is 7.26. The first-order valence-electron chi connectivity index (χ1n) is 5.81. The monoisotopic (exact) mass is 397 g/mol. The number of hydrogen-bond acceptors (Lipinski definition) is 4. The zero-order valence-corrected chi connectivity index (χ0v) is 13.2. The van der Waals surface area contributed by atoms with E-state index in [1.807, 2.05) is 22.6 Å². The molecule has 1 saturated heterocycles. The van der Waals surface area contributed by atoms with Crippen molar-refractivity contribution < 1.29 is 9.53 Å². The summed E-state index contributed by atoms with van der Waals surface area (Å²) in [5, 5.41) is 0.160. The molecule has 1 aliphatic rings. The first kappa shape index (κ1) is 14.7. The van der Waals surface area contributed by atoms with E-state index < -0.39 is 6.04 Å². The predicted molar refractivity (Wildman–Crippen MR) is 78.3 cm³/mol. The van der Waals surface area contributed by atoms with Crippen molar-refractivity contribution in [1.82, 2.24) is 14.5 Å². The van der Waals surface area contributed by atoms with Crippen LogP contribution in [0.3, 0.4) is 0 Å². The molecule has 0 spiro atoms. The third-order valence-electron chi connectivity index (χ3n) is 3.00. The normalized spacial score (nSPS) is 17.3. The molecule has 1 aliphatic heterocycles.